The van der Waals surface area contributed by atoms with Gasteiger partial charge in [0, 0.05) is 0 Å². The van der Waals surface area contributed by atoms with Crippen molar-refractivity contribution in [1.29, 1.82) is 0 Å². The molecule has 0 aliphatic rings. The Morgan fingerprint density at radius 1 is 1.23 bits per heavy atom. The number of carboxylic acids is 1. The van der Waals surface area contributed by atoms with Crippen LogP contribution in [0.2, 0.25) is 0 Å². The number of carboxylic acid groups (broad SMARTS) is 1. The van der Waals surface area contributed by atoms with Crippen LogP contribution in [0.4, 0.5) is 0 Å². The van der Waals surface area contributed by atoms with Crippen molar-refractivity contribution in [3.63, 3.8) is 0 Å². The van der Waals surface area contributed by atoms with Crippen LogP contribution in [-0.4, -0.2) is 25.4 Å². The van der Waals surface area contributed by atoms with E-state index in [-0.39, 0.29) is 12.3 Å². The summed E-state index contributed by atoms with van der Waals surface area (Å²) in [5.74, 6) is -3.80. The minimum absolute atomic E-state index is 0.0468. The van der Waals surface area contributed by atoms with E-state index in [4.69, 9.17) is 5.11 Å². The van der Waals surface area contributed by atoms with Crippen LogP contribution in [0.15, 0.2) is 35.7 Å². The third kappa shape index (κ3) is 6.09. The highest BCUT2D eigenvalue weighted by Crippen LogP contribution is 2.13. The molecule has 7 heteroatoms. The lowest BCUT2D eigenvalue weighted by Crippen LogP contribution is -2.38. The van der Waals surface area contributed by atoms with Gasteiger partial charge in [0.25, 0.3) is 10.0 Å². The van der Waals surface area contributed by atoms with Crippen LogP contribution in [-0.2, 0) is 19.6 Å². The summed E-state index contributed by atoms with van der Waals surface area (Å²) in [5, 5.41) is 9.87. The van der Waals surface area contributed by atoms with Gasteiger partial charge >= 0.3 is 5.97 Å². The highest BCUT2D eigenvalue weighted by Gasteiger charge is 2.29. The van der Waals surface area contributed by atoms with Crippen molar-refractivity contribution in [3.05, 3.63) is 41.3 Å². The van der Waals surface area contributed by atoms with Crippen molar-refractivity contribution in [2.24, 2.45) is 11.8 Å². The summed E-state index contributed by atoms with van der Waals surface area (Å²) in [6.07, 6.45) is 1.40. The van der Waals surface area contributed by atoms with Gasteiger partial charge in [0.15, 0.2) is 0 Å². The first-order chi connectivity index (χ1) is 10.2. The molecule has 1 amide bonds. The normalized spacial score (nSPS) is 13.2. The Balaban J connectivity index is 2.80. The van der Waals surface area contributed by atoms with Gasteiger partial charge in [-0.25, -0.2) is 13.1 Å². The lowest BCUT2D eigenvalue weighted by Gasteiger charge is -2.13. The predicted octanol–water partition coefficient (Wildman–Crippen LogP) is 1.85. The maximum atomic E-state index is 11.8. The van der Waals surface area contributed by atoms with Gasteiger partial charge < -0.3 is 5.11 Å². The smallest absolute Gasteiger partial charge is 0.316 e. The molecule has 1 aromatic rings. The lowest BCUT2D eigenvalue weighted by molar-refractivity contribution is -0.147. The molecule has 1 unspecified atom stereocenters. The van der Waals surface area contributed by atoms with E-state index in [1.54, 1.807) is 48.9 Å². The van der Waals surface area contributed by atoms with Crippen molar-refractivity contribution < 1.29 is 23.1 Å². The van der Waals surface area contributed by atoms with Gasteiger partial charge in [0.2, 0.25) is 5.91 Å². The van der Waals surface area contributed by atoms with E-state index >= 15 is 0 Å². The fraction of sp³-hybridized carbons (Fsp3) is 0.333. The Hall–Kier alpha value is -2.15. The number of benzene rings is 1. The average Bonchev–Trinajstić information content (AvgIpc) is 2.43. The van der Waals surface area contributed by atoms with Crippen molar-refractivity contribution in [3.8, 4) is 0 Å². The number of aliphatic carboxylic acids is 1. The van der Waals surface area contributed by atoms with E-state index in [1.165, 1.54) is 6.08 Å². The Kier molecular flexibility index (Phi) is 6.30. The first-order valence-electron chi connectivity index (χ1n) is 6.74. The zero-order valence-corrected chi connectivity index (χ0v) is 13.2. The van der Waals surface area contributed by atoms with E-state index in [9.17, 15) is 18.0 Å². The first-order valence-corrected chi connectivity index (χ1v) is 8.28. The summed E-state index contributed by atoms with van der Waals surface area (Å²) < 4.78 is 25.4. The fourth-order valence-corrected chi connectivity index (χ4v) is 2.60. The molecular formula is C15H19NO5S. The second-order valence-corrected chi connectivity index (χ2v) is 6.81. The van der Waals surface area contributed by atoms with Crippen LogP contribution in [0.25, 0.3) is 6.08 Å². The largest absolute Gasteiger partial charge is 0.481 e. The number of sulfonamides is 1. The van der Waals surface area contributed by atoms with E-state index in [1.807, 2.05) is 0 Å². The van der Waals surface area contributed by atoms with E-state index in [2.05, 4.69) is 0 Å². The van der Waals surface area contributed by atoms with E-state index in [0.717, 1.165) is 5.41 Å². The Morgan fingerprint density at radius 2 is 1.82 bits per heavy atom. The summed E-state index contributed by atoms with van der Waals surface area (Å²) >= 11 is 0. The maximum Gasteiger partial charge on any atom is 0.316 e. The second kappa shape index (κ2) is 7.74. The predicted molar refractivity (Wildman–Crippen MR) is 83.1 cm³/mol. The van der Waals surface area contributed by atoms with Gasteiger partial charge in [0.05, 0.1) is 5.41 Å². The van der Waals surface area contributed by atoms with Crippen LogP contribution in [0.3, 0.4) is 0 Å². The number of hydrogen-bond acceptors (Lipinski definition) is 4. The summed E-state index contributed by atoms with van der Waals surface area (Å²) in [7, 11) is -4.04. The molecule has 1 rings (SSSR count). The van der Waals surface area contributed by atoms with E-state index in [0.29, 0.717) is 5.56 Å². The Bertz CT molecular complexity index is 650. The van der Waals surface area contributed by atoms with Crippen LogP contribution in [0.5, 0.6) is 0 Å². The number of amides is 1. The molecule has 0 aliphatic carbocycles. The van der Waals surface area contributed by atoms with Gasteiger partial charge in [-0.15, -0.1) is 0 Å². The SMILES string of the molecule is CC(C)CC(C(=O)O)C(=O)NS(=O)(=O)C=Cc1ccccc1. The first kappa shape index (κ1) is 17.9. The molecule has 2 N–H and O–H groups in total. The van der Waals surface area contributed by atoms with Crippen molar-refractivity contribution >= 4 is 28.0 Å². The minimum Gasteiger partial charge on any atom is -0.481 e. The highest BCUT2D eigenvalue weighted by atomic mass is 32.2. The molecular weight excluding hydrogens is 306 g/mol. The third-order valence-electron chi connectivity index (χ3n) is 2.80. The molecule has 0 aliphatic heterocycles. The molecule has 1 atom stereocenters. The quantitative estimate of drug-likeness (QED) is 0.745. The topological polar surface area (TPSA) is 101 Å². The molecule has 0 spiro atoms. The summed E-state index contributed by atoms with van der Waals surface area (Å²) in [6.45, 7) is 3.51. The molecule has 22 heavy (non-hydrogen) atoms. The number of carbonyl (C=O) groups is 2. The average molecular weight is 325 g/mol. The molecule has 0 fully saturated rings. The lowest BCUT2D eigenvalue weighted by atomic mass is 9.97. The standard InChI is InChI=1S/C15H19NO5S/c1-11(2)10-13(15(18)19)14(17)16-22(20,21)9-8-12-6-4-3-5-7-12/h3-9,11,13H,10H2,1-2H3,(H,16,17)(H,18,19). The van der Waals surface area contributed by atoms with Crippen molar-refractivity contribution in [2.75, 3.05) is 0 Å². The zero-order valence-electron chi connectivity index (χ0n) is 12.4. The number of nitrogens with one attached hydrogen (secondary N) is 1. The number of carbonyl (C=O) groups excluding carboxylic acids is 1. The number of rotatable bonds is 7. The summed E-state index contributed by atoms with van der Waals surface area (Å²) in [6, 6.07) is 8.68. The summed E-state index contributed by atoms with van der Waals surface area (Å²) in [4.78, 5) is 22.9. The van der Waals surface area contributed by atoms with Crippen molar-refractivity contribution in [2.45, 2.75) is 20.3 Å². The van der Waals surface area contributed by atoms with Gasteiger partial charge in [0.1, 0.15) is 5.92 Å². The fourth-order valence-electron chi connectivity index (χ4n) is 1.77. The Morgan fingerprint density at radius 3 is 2.32 bits per heavy atom. The van der Waals surface area contributed by atoms with Gasteiger partial charge in [-0.05, 0) is 24.0 Å². The molecule has 120 valence electrons. The van der Waals surface area contributed by atoms with Crippen LogP contribution >= 0.6 is 0 Å². The Labute approximate surface area is 129 Å². The number of hydrogen-bond donors (Lipinski definition) is 2. The van der Waals surface area contributed by atoms with E-state index < -0.39 is 27.8 Å². The molecule has 0 saturated heterocycles. The van der Waals surface area contributed by atoms with Crippen LogP contribution in [0.1, 0.15) is 25.8 Å². The zero-order chi connectivity index (χ0) is 16.8. The van der Waals surface area contributed by atoms with Gasteiger partial charge in [-0.3, -0.25) is 9.59 Å². The molecule has 0 radical (unpaired) electrons. The van der Waals surface area contributed by atoms with Gasteiger partial charge in [-0.2, -0.15) is 0 Å². The minimum atomic E-state index is -4.04. The molecule has 6 nitrogen and oxygen atoms in total. The summed E-state index contributed by atoms with van der Waals surface area (Å²) in [5.41, 5.74) is 0.650. The highest BCUT2D eigenvalue weighted by molar-refractivity contribution is 7.93. The third-order valence-corrected chi connectivity index (χ3v) is 3.78. The van der Waals surface area contributed by atoms with Crippen LogP contribution in [0, 0.1) is 11.8 Å². The molecule has 0 saturated carbocycles. The molecule has 0 heterocycles. The molecule has 0 bridgehead atoms. The maximum absolute atomic E-state index is 11.8. The van der Waals surface area contributed by atoms with Crippen LogP contribution < -0.4 is 4.72 Å². The molecule has 1 aromatic carbocycles. The van der Waals surface area contributed by atoms with Gasteiger partial charge in [-0.1, -0.05) is 44.2 Å². The molecule has 0 aromatic heterocycles. The monoisotopic (exact) mass is 325 g/mol. The second-order valence-electron chi connectivity index (χ2n) is 5.25. The van der Waals surface area contributed by atoms with Crippen molar-refractivity contribution in [1.82, 2.24) is 4.72 Å².